The number of hydrogen-bond donors (Lipinski definition) is 0. The van der Waals surface area contributed by atoms with E-state index in [9.17, 15) is 23.8 Å². The van der Waals surface area contributed by atoms with E-state index in [-0.39, 0.29) is 36.8 Å². The maximum Gasteiger partial charge on any atom is 3.00 e. The maximum absolute atomic E-state index is 13.4. The largest absolute Gasteiger partial charge is 3.00 e. The second-order valence-electron chi connectivity index (χ2n) is 8.98. The van der Waals surface area contributed by atoms with Gasteiger partial charge in [-0.2, -0.15) is 0 Å². The third-order valence-corrected chi connectivity index (χ3v) is 8.45. The Morgan fingerprint density at radius 1 is 0.649 bits per heavy atom. The van der Waals surface area contributed by atoms with Crippen LogP contribution in [0.3, 0.4) is 0 Å². The van der Waals surface area contributed by atoms with Crippen molar-refractivity contribution in [3.05, 3.63) is 77.4 Å². The molecule has 0 N–H and O–H groups in total. The standard InChI is InChI=1S/C28H36O6P2.Bi/c1-4-7-10-24-12-11-23(8-5-2)27(9-6-3)28(24)34-36(32,33)26-19-15-22(16-20-26)21-13-17-25(18-14-21)35(29,30)31;/h11-20H,4-10H2,1-3H3,(H,32,33)(H2,29,30,31);/q;+3/p-3. The Labute approximate surface area is 239 Å². The molecule has 196 valence electrons. The van der Waals surface area contributed by atoms with E-state index < -0.39 is 15.2 Å². The monoisotopic (exact) mass is 736 g/mol. The molecule has 2 radical (unpaired) electrons. The zero-order valence-corrected chi connectivity index (χ0v) is 26.8. The first-order valence-electron chi connectivity index (χ1n) is 12.5. The predicted octanol–water partition coefficient (Wildman–Crippen LogP) is 4.02. The molecule has 1 unspecified atom stereocenters. The molecule has 0 bridgehead atoms. The summed E-state index contributed by atoms with van der Waals surface area (Å²) in [5, 5.41) is -0.219. The molecular formula is C28H33BiO6P2. The third-order valence-electron chi connectivity index (χ3n) is 6.17. The topological polar surface area (TPSA) is 113 Å². The summed E-state index contributed by atoms with van der Waals surface area (Å²) >= 11 is 0. The van der Waals surface area contributed by atoms with Crippen molar-refractivity contribution in [2.75, 3.05) is 0 Å². The molecule has 0 saturated carbocycles. The van der Waals surface area contributed by atoms with Gasteiger partial charge in [-0.15, -0.1) is 0 Å². The van der Waals surface area contributed by atoms with E-state index in [1.807, 2.05) is 6.07 Å². The van der Waals surface area contributed by atoms with E-state index in [1.54, 1.807) is 12.1 Å². The molecule has 0 fully saturated rings. The first-order valence-corrected chi connectivity index (χ1v) is 15.6. The fourth-order valence-corrected chi connectivity index (χ4v) is 5.87. The molecule has 0 saturated heterocycles. The van der Waals surface area contributed by atoms with E-state index in [4.69, 9.17) is 4.52 Å². The summed E-state index contributed by atoms with van der Waals surface area (Å²) in [4.78, 5) is 35.7. The number of aryl methyl sites for hydroxylation is 2. The minimum Gasteiger partial charge on any atom is -0.807 e. The molecule has 0 spiro atoms. The molecule has 3 rings (SSSR count). The van der Waals surface area contributed by atoms with Crippen LogP contribution in [0, 0.1) is 0 Å². The average molecular weight is 736 g/mol. The van der Waals surface area contributed by atoms with Gasteiger partial charge in [0.2, 0.25) is 7.60 Å². The second kappa shape index (κ2) is 14.2. The fourth-order valence-electron chi connectivity index (χ4n) is 4.27. The molecule has 6 nitrogen and oxygen atoms in total. The van der Waals surface area contributed by atoms with E-state index in [0.29, 0.717) is 16.9 Å². The van der Waals surface area contributed by atoms with Crippen LogP contribution in [0.5, 0.6) is 5.75 Å². The number of benzene rings is 3. The van der Waals surface area contributed by atoms with Crippen LogP contribution in [0.1, 0.15) is 63.1 Å². The zero-order chi connectivity index (χ0) is 26.3. The van der Waals surface area contributed by atoms with Gasteiger partial charge < -0.3 is 23.8 Å². The van der Waals surface area contributed by atoms with Gasteiger partial charge in [0.1, 0.15) is 5.75 Å². The SMILES string of the molecule is CCCCc1ccc(CCC)c(CCC)c1OP(=O)([O-])c1ccc(-c2ccc(P(=O)([O-])[O-])cc2)cc1.[Bi+3]. The van der Waals surface area contributed by atoms with Gasteiger partial charge in [0, 0.05) is 5.30 Å². The van der Waals surface area contributed by atoms with Crippen LogP contribution in [0.25, 0.3) is 11.1 Å². The van der Waals surface area contributed by atoms with Crippen molar-refractivity contribution in [1.82, 2.24) is 0 Å². The van der Waals surface area contributed by atoms with Crippen molar-refractivity contribution in [1.29, 1.82) is 0 Å². The van der Waals surface area contributed by atoms with Gasteiger partial charge in [-0.1, -0.05) is 88.6 Å². The van der Waals surface area contributed by atoms with Gasteiger partial charge >= 0.3 is 26.2 Å². The van der Waals surface area contributed by atoms with Crippen LogP contribution < -0.4 is 29.8 Å². The van der Waals surface area contributed by atoms with Gasteiger partial charge in [-0.25, -0.2) is 0 Å². The van der Waals surface area contributed by atoms with E-state index in [2.05, 4.69) is 26.8 Å². The zero-order valence-electron chi connectivity index (χ0n) is 21.5. The Kier molecular flexibility index (Phi) is 12.2. The average Bonchev–Trinajstić information content (AvgIpc) is 2.85. The minimum atomic E-state index is -4.82. The Morgan fingerprint density at radius 3 is 1.65 bits per heavy atom. The molecule has 0 aliphatic rings. The molecule has 0 aromatic heterocycles. The van der Waals surface area contributed by atoms with Crippen molar-refractivity contribution < 1.29 is 28.3 Å². The van der Waals surface area contributed by atoms with Crippen LogP contribution in [0.4, 0.5) is 0 Å². The normalized spacial score (nSPS) is 13.0. The molecule has 0 heterocycles. The van der Waals surface area contributed by atoms with Crippen LogP contribution in [0.15, 0.2) is 60.7 Å². The third kappa shape index (κ3) is 8.33. The number of rotatable bonds is 12. The van der Waals surface area contributed by atoms with Crippen LogP contribution in [-0.4, -0.2) is 26.2 Å². The summed E-state index contributed by atoms with van der Waals surface area (Å²) in [5.74, 6) is 0.480. The molecule has 9 heteroatoms. The summed E-state index contributed by atoms with van der Waals surface area (Å²) in [6.45, 7) is 6.29. The first kappa shape index (κ1) is 31.9. The van der Waals surface area contributed by atoms with Crippen molar-refractivity contribution in [2.24, 2.45) is 0 Å². The minimum absolute atomic E-state index is 0. The Morgan fingerprint density at radius 2 is 1.16 bits per heavy atom. The maximum atomic E-state index is 13.4. The van der Waals surface area contributed by atoms with Gasteiger partial charge in [-0.3, -0.25) is 4.57 Å². The van der Waals surface area contributed by atoms with Crippen LogP contribution in [0.2, 0.25) is 0 Å². The van der Waals surface area contributed by atoms with E-state index >= 15 is 0 Å². The smallest absolute Gasteiger partial charge is 0.807 e. The van der Waals surface area contributed by atoms with Crippen molar-refractivity contribution in [3.63, 3.8) is 0 Å². The van der Waals surface area contributed by atoms with Gasteiger partial charge in [-0.05, 0) is 78.5 Å². The van der Waals surface area contributed by atoms with Crippen LogP contribution >= 0.6 is 15.2 Å². The summed E-state index contributed by atoms with van der Waals surface area (Å²) < 4.78 is 30.4. The first-order chi connectivity index (χ1) is 17.1. The molecule has 37 heavy (non-hydrogen) atoms. The fraction of sp³-hybridized carbons (Fsp3) is 0.357. The number of unbranched alkanes of at least 4 members (excludes halogenated alkanes) is 1. The summed E-state index contributed by atoms with van der Waals surface area (Å²) in [5.41, 5.74) is 4.39. The molecule has 1 atom stereocenters. The second-order valence-corrected chi connectivity index (χ2v) is 12.2. The molecule has 3 aromatic rings. The summed E-state index contributed by atoms with van der Waals surface area (Å²) in [6, 6.07) is 15.9. The Bertz CT molecular complexity index is 1250. The van der Waals surface area contributed by atoms with Crippen LogP contribution in [-0.2, 0) is 28.4 Å². The summed E-state index contributed by atoms with van der Waals surface area (Å²) in [6.07, 6.45) is 6.16. The van der Waals surface area contributed by atoms with E-state index in [0.717, 1.165) is 61.6 Å². The Balaban J connectivity index is 0.00000481. The van der Waals surface area contributed by atoms with Crippen molar-refractivity contribution >= 4 is 52.0 Å². The molecule has 0 amide bonds. The van der Waals surface area contributed by atoms with E-state index in [1.165, 1.54) is 36.4 Å². The molecule has 0 aliphatic heterocycles. The quantitative estimate of drug-likeness (QED) is 0.205. The molecule has 3 aromatic carbocycles. The molecule has 0 aliphatic carbocycles. The van der Waals surface area contributed by atoms with Crippen molar-refractivity contribution in [2.45, 2.75) is 65.7 Å². The van der Waals surface area contributed by atoms with Gasteiger partial charge in [0.15, 0.2) is 0 Å². The number of hydrogen-bond acceptors (Lipinski definition) is 6. The molecular weight excluding hydrogens is 703 g/mol. The van der Waals surface area contributed by atoms with Gasteiger partial charge in [0.05, 0.1) is 0 Å². The Hall–Kier alpha value is -1.32. The van der Waals surface area contributed by atoms with Gasteiger partial charge in [0.25, 0.3) is 0 Å². The van der Waals surface area contributed by atoms with Crippen molar-refractivity contribution in [3.8, 4) is 16.9 Å². The predicted molar refractivity (Wildman–Crippen MR) is 146 cm³/mol. The summed E-state index contributed by atoms with van der Waals surface area (Å²) in [7, 11) is -9.24.